The molecule has 0 aliphatic carbocycles. The van der Waals surface area contributed by atoms with Gasteiger partial charge in [0.1, 0.15) is 0 Å². The molecule has 14 heavy (non-hydrogen) atoms. The largest absolute Gasteiger partial charge is 0.478 e. The van der Waals surface area contributed by atoms with Gasteiger partial charge in [-0.2, -0.15) is 0 Å². The van der Waals surface area contributed by atoms with Crippen LogP contribution < -0.4 is 0 Å². The normalized spacial score (nSPS) is 12.8. The molecule has 80 valence electrons. The number of hydrogen-bond acceptors (Lipinski definition) is 1. The van der Waals surface area contributed by atoms with E-state index in [0.29, 0.717) is 5.92 Å². The van der Waals surface area contributed by atoms with Crippen LogP contribution >= 0.6 is 0 Å². The molecular formula is C12H20O2. The van der Waals surface area contributed by atoms with Crippen LogP contribution in [0.4, 0.5) is 0 Å². The van der Waals surface area contributed by atoms with Crippen LogP contribution in [0.2, 0.25) is 0 Å². The Labute approximate surface area is 86.3 Å². The number of carboxylic acid groups (broad SMARTS) is 1. The molecule has 0 saturated heterocycles. The van der Waals surface area contributed by atoms with Gasteiger partial charge in [0, 0.05) is 6.08 Å². The first-order valence-electron chi connectivity index (χ1n) is 5.05. The zero-order valence-electron chi connectivity index (χ0n) is 9.29. The highest BCUT2D eigenvalue weighted by Crippen LogP contribution is 2.12. The smallest absolute Gasteiger partial charge is 0.327 e. The van der Waals surface area contributed by atoms with Gasteiger partial charge < -0.3 is 5.11 Å². The molecule has 2 nitrogen and oxygen atoms in total. The van der Waals surface area contributed by atoms with Crippen molar-refractivity contribution in [3.05, 3.63) is 23.8 Å². The van der Waals surface area contributed by atoms with Crippen molar-refractivity contribution in [3.63, 3.8) is 0 Å². The maximum absolute atomic E-state index is 10.2. The van der Waals surface area contributed by atoms with Crippen molar-refractivity contribution in [2.45, 2.75) is 40.0 Å². The second-order valence-corrected chi connectivity index (χ2v) is 3.94. The Morgan fingerprint density at radius 3 is 2.57 bits per heavy atom. The number of carbonyl (C=O) groups is 1. The predicted octanol–water partition coefficient (Wildman–Crippen LogP) is 3.40. The first-order valence-corrected chi connectivity index (χ1v) is 5.05. The fourth-order valence-electron chi connectivity index (χ4n) is 1.18. The van der Waals surface area contributed by atoms with Gasteiger partial charge in [-0.1, -0.05) is 24.6 Å². The minimum absolute atomic E-state index is 0.557. The van der Waals surface area contributed by atoms with Gasteiger partial charge in [0.15, 0.2) is 0 Å². The number of allylic oxidation sites excluding steroid dienone is 3. The van der Waals surface area contributed by atoms with E-state index in [0.717, 1.165) is 19.3 Å². The molecule has 0 heterocycles. The summed E-state index contributed by atoms with van der Waals surface area (Å²) in [6.45, 7) is 6.33. The number of aliphatic carboxylic acids is 1. The van der Waals surface area contributed by atoms with Crippen LogP contribution in [-0.2, 0) is 4.79 Å². The molecule has 0 saturated carbocycles. The quantitative estimate of drug-likeness (QED) is 0.522. The molecular weight excluding hydrogens is 176 g/mol. The maximum Gasteiger partial charge on any atom is 0.327 e. The second-order valence-electron chi connectivity index (χ2n) is 3.94. The van der Waals surface area contributed by atoms with E-state index in [1.54, 1.807) is 6.08 Å². The van der Waals surface area contributed by atoms with Crippen LogP contribution in [0.3, 0.4) is 0 Å². The lowest BCUT2D eigenvalue weighted by Crippen LogP contribution is -1.93. The van der Waals surface area contributed by atoms with Crippen LogP contribution in [0, 0.1) is 5.92 Å². The molecule has 1 unspecified atom stereocenters. The van der Waals surface area contributed by atoms with Crippen molar-refractivity contribution in [1.29, 1.82) is 0 Å². The van der Waals surface area contributed by atoms with E-state index < -0.39 is 5.97 Å². The lowest BCUT2D eigenvalue weighted by atomic mass is 10.0. The molecule has 2 heteroatoms. The summed E-state index contributed by atoms with van der Waals surface area (Å²) in [6.07, 6.45) is 8.23. The third kappa shape index (κ3) is 9.04. The highest BCUT2D eigenvalue weighted by Gasteiger charge is 1.98. The van der Waals surface area contributed by atoms with Crippen molar-refractivity contribution in [2.75, 3.05) is 0 Å². The van der Waals surface area contributed by atoms with Gasteiger partial charge in [-0.3, -0.25) is 0 Å². The van der Waals surface area contributed by atoms with Crippen LogP contribution in [0.15, 0.2) is 23.8 Å². The minimum Gasteiger partial charge on any atom is -0.478 e. The Bertz CT molecular complexity index is 222. The first-order chi connectivity index (χ1) is 6.52. The Hall–Kier alpha value is -1.05. The van der Waals surface area contributed by atoms with Crippen LogP contribution in [0.1, 0.15) is 40.0 Å². The topological polar surface area (TPSA) is 37.3 Å². The summed E-state index contributed by atoms with van der Waals surface area (Å²) in [6, 6.07) is 0. The first kappa shape index (κ1) is 12.9. The van der Waals surface area contributed by atoms with Crippen molar-refractivity contribution in [3.8, 4) is 0 Å². The summed E-state index contributed by atoms with van der Waals surface area (Å²) in [7, 11) is 0. The molecule has 0 aromatic heterocycles. The summed E-state index contributed by atoms with van der Waals surface area (Å²) in [5.41, 5.74) is 1.35. The monoisotopic (exact) mass is 196 g/mol. The molecule has 1 N–H and O–H groups in total. The van der Waals surface area contributed by atoms with Crippen molar-refractivity contribution < 1.29 is 9.90 Å². The highest BCUT2D eigenvalue weighted by molar-refractivity contribution is 5.79. The van der Waals surface area contributed by atoms with Gasteiger partial charge in [-0.15, -0.1) is 0 Å². The van der Waals surface area contributed by atoms with E-state index in [2.05, 4.69) is 26.8 Å². The number of carboxylic acids is 1. The third-order valence-corrected chi connectivity index (χ3v) is 2.01. The van der Waals surface area contributed by atoms with Gasteiger partial charge in [-0.05, 0) is 39.0 Å². The van der Waals surface area contributed by atoms with E-state index in [9.17, 15) is 4.79 Å². The lowest BCUT2D eigenvalue weighted by molar-refractivity contribution is -0.131. The minimum atomic E-state index is -0.860. The second kappa shape index (κ2) is 7.36. The van der Waals surface area contributed by atoms with Crippen LogP contribution in [0.5, 0.6) is 0 Å². The number of hydrogen-bond donors (Lipinski definition) is 1. The fraction of sp³-hybridized carbons (Fsp3) is 0.583. The highest BCUT2D eigenvalue weighted by atomic mass is 16.4. The molecule has 0 aliphatic heterocycles. The van der Waals surface area contributed by atoms with Gasteiger partial charge >= 0.3 is 5.97 Å². The molecule has 0 radical (unpaired) electrons. The standard InChI is InChI=1S/C12H20O2/c1-10(2)6-4-7-11(3)8-5-9-12(13)14/h5-6,9,11H,4,7-8H2,1-3H3,(H,13,14). The zero-order chi connectivity index (χ0) is 11.0. The van der Waals surface area contributed by atoms with Gasteiger partial charge in [0.2, 0.25) is 0 Å². The van der Waals surface area contributed by atoms with Gasteiger partial charge in [-0.25, -0.2) is 4.79 Å². The molecule has 0 bridgehead atoms. The maximum atomic E-state index is 10.2. The van der Waals surface area contributed by atoms with Gasteiger partial charge in [0.05, 0.1) is 0 Å². The van der Waals surface area contributed by atoms with Crippen LogP contribution in [-0.4, -0.2) is 11.1 Å². The molecule has 0 fully saturated rings. The predicted molar refractivity (Wildman–Crippen MR) is 59.2 cm³/mol. The van der Waals surface area contributed by atoms with Crippen molar-refractivity contribution in [2.24, 2.45) is 5.92 Å². The molecule has 0 spiro atoms. The lowest BCUT2D eigenvalue weighted by Gasteiger charge is -2.05. The Morgan fingerprint density at radius 2 is 2.07 bits per heavy atom. The summed E-state index contributed by atoms with van der Waals surface area (Å²) >= 11 is 0. The van der Waals surface area contributed by atoms with Crippen molar-refractivity contribution >= 4 is 5.97 Å². The third-order valence-electron chi connectivity index (χ3n) is 2.01. The molecule has 0 amide bonds. The van der Waals surface area contributed by atoms with E-state index in [1.165, 1.54) is 11.6 Å². The Balaban J connectivity index is 3.61. The molecule has 0 aliphatic rings. The fourth-order valence-corrected chi connectivity index (χ4v) is 1.18. The summed E-state index contributed by atoms with van der Waals surface area (Å²) in [5.74, 6) is -0.303. The molecule has 0 aromatic carbocycles. The van der Waals surface area contributed by atoms with E-state index in [4.69, 9.17) is 5.11 Å². The zero-order valence-corrected chi connectivity index (χ0v) is 9.29. The Morgan fingerprint density at radius 1 is 1.43 bits per heavy atom. The summed E-state index contributed by atoms with van der Waals surface area (Å²) in [5, 5.41) is 8.38. The van der Waals surface area contributed by atoms with Gasteiger partial charge in [0.25, 0.3) is 0 Å². The van der Waals surface area contributed by atoms with E-state index in [1.807, 2.05) is 0 Å². The average Bonchev–Trinajstić information content (AvgIpc) is 2.02. The van der Waals surface area contributed by atoms with E-state index >= 15 is 0 Å². The number of rotatable bonds is 6. The van der Waals surface area contributed by atoms with E-state index in [-0.39, 0.29) is 0 Å². The van der Waals surface area contributed by atoms with Crippen LogP contribution in [0.25, 0.3) is 0 Å². The molecule has 1 atom stereocenters. The molecule has 0 rings (SSSR count). The SMILES string of the molecule is CC(C)=CCCC(C)CC=CC(=O)O. The summed E-state index contributed by atoms with van der Waals surface area (Å²) in [4.78, 5) is 10.2. The summed E-state index contributed by atoms with van der Waals surface area (Å²) < 4.78 is 0. The average molecular weight is 196 g/mol. The molecule has 0 aromatic rings. The van der Waals surface area contributed by atoms with Crippen molar-refractivity contribution in [1.82, 2.24) is 0 Å². The Kier molecular flexibility index (Phi) is 6.81.